The van der Waals surface area contributed by atoms with Gasteiger partial charge >= 0.3 is 0 Å². The second-order valence-electron chi connectivity index (χ2n) is 4.97. The SMILES string of the molecule is C=C(C)S(=O)(=O)CCC[C@H](C)c1ccc(C)cc1. The standard InChI is InChI=1S/C15H22O2S/c1-12(2)18(16,17)11-5-6-14(4)15-9-7-13(3)8-10-15/h7-10,14H,1,5-6,11H2,2-4H3/t14-/m0/s1. The molecule has 0 spiro atoms. The summed E-state index contributed by atoms with van der Waals surface area (Å²) < 4.78 is 23.2. The molecule has 0 fully saturated rings. The zero-order valence-electron chi connectivity index (χ0n) is 11.4. The lowest BCUT2D eigenvalue weighted by Gasteiger charge is -2.12. The van der Waals surface area contributed by atoms with Crippen LogP contribution in [0.1, 0.15) is 43.7 Å². The van der Waals surface area contributed by atoms with E-state index in [1.807, 2.05) is 0 Å². The molecule has 0 aliphatic rings. The molecule has 0 unspecified atom stereocenters. The summed E-state index contributed by atoms with van der Waals surface area (Å²) in [6.07, 6.45) is 1.57. The molecule has 0 amide bonds. The Balaban J connectivity index is 2.50. The maximum Gasteiger partial charge on any atom is 0.173 e. The summed E-state index contributed by atoms with van der Waals surface area (Å²) in [5.74, 6) is 0.601. The van der Waals surface area contributed by atoms with Gasteiger partial charge in [0.1, 0.15) is 0 Å². The second kappa shape index (κ2) is 6.19. The third-order valence-electron chi connectivity index (χ3n) is 3.23. The van der Waals surface area contributed by atoms with E-state index in [0.29, 0.717) is 12.3 Å². The molecule has 0 aliphatic carbocycles. The summed E-state index contributed by atoms with van der Waals surface area (Å²) in [5.41, 5.74) is 2.52. The lowest BCUT2D eigenvalue weighted by atomic mass is 9.96. The van der Waals surface area contributed by atoms with Crippen molar-refractivity contribution in [3.63, 3.8) is 0 Å². The minimum atomic E-state index is -3.08. The molecular formula is C15H22O2S. The number of benzene rings is 1. The molecule has 18 heavy (non-hydrogen) atoms. The monoisotopic (exact) mass is 266 g/mol. The van der Waals surface area contributed by atoms with E-state index in [0.717, 1.165) is 6.42 Å². The van der Waals surface area contributed by atoms with E-state index in [9.17, 15) is 8.42 Å². The van der Waals surface area contributed by atoms with E-state index < -0.39 is 9.84 Å². The highest BCUT2D eigenvalue weighted by Crippen LogP contribution is 2.21. The van der Waals surface area contributed by atoms with Gasteiger partial charge in [0.15, 0.2) is 9.84 Å². The third kappa shape index (κ3) is 4.30. The molecule has 0 aliphatic heterocycles. The fraction of sp³-hybridized carbons (Fsp3) is 0.467. The first-order valence-electron chi connectivity index (χ1n) is 6.28. The van der Waals surface area contributed by atoms with Crippen LogP contribution >= 0.6 is 0 Å². The van der Waals surface area contributed by atoms with Gasteiger partial charge in [-0.2, -0.15) is 0 Å². The van der Waals surface area contributed by atoms with Crippen LogP contribution in [0.5, 0.6) is 0 Å². The first-order valence-corrected chi connectivity index (χ1v) is 7.93. The van der Waals surface area contributed by atoms with Gasteiger partial charge in [-0.25, -0.2) is 8.42 Å². The summed E-state index contributed by atoms with van der Waals surface area (Å²) in [7, 11) is -3.08. The van der Waals surface area contributed by atoms with Crippen molar-refractivity contribution in [2.24, 2.45) is 0 Å². The van der Waals surface area contributed by atoms with Gasteiger partial charge in [-0.15, -0.1) is 0 Å². The van der Waals surface area contributed by atoms with Crippen LogP contribution in [-0.4, -0.2) is 14.2 Å². The van der Waals surface area contributed by atoms with Gasteiger partial charge in [-0.05, 0) is 38.2 Å². The Kier molecular flexibility index (Phi) is 5.15. The molecule has 0 N–H and O–H groups in total. The third-order valence-corrected chi connectivity index (χ3v) is 5.12. The number of rotatable bonds is 6. The molecule has 1 aromatic rings. The zero-order chi connectivity index (χ0) is 13.8. The van der Waals surface area contributed by atoms with Crippen LogP contribution < -0.4 is 0 Å². The number of allylic oxidation sites excluding steroid dienone is 1. The highest BCUT2D eigenvalue weighted by molar-refractivity contribution is 7.95. The van der Waals surface area contributed by atoms with Gasteiger partial charge in [0.05, 0.1) is 5.75 Å². The van der Waals surface area contributed by atoms with Crippen molar-refractivity contribution >= 4 is 9.84 Å². The van der Waals surface area contributed by atoms with E-state index in [-0.39, 0.29) is 10.7 Å². The van der Waals surface area contributed by atoms with Crippen molar-refractivity contribution in [2.75, 3.05) is 5.75 Å². The Labute approximate surface area is 111 Å². The largest absolute Gasteiger partial charge is 0.224 e. The van der Waals surface area contributed by atoms with Crippen LogP contribution in [0.25, 0.3) is 0 Å². The van der Waals surface area contributed by atoms with Crippen molar-refractivity contribution in [1.29, 1.82) is 0 Å². The number of hydrogen-bond donors (Lipinski definition) is 0. The summed E-state index contributed by atoms with van der Waals surface area (Å²) in [6, 6.07) is 8.42. The highest BCUT2D eigenvalue weighted by atomic mass is 32.2. The van der Waals surface area contributed by atoms with E-state index in [1.165, 1.54) is 11.1 Å². The number of sulfone groups is 1. The second-order valence-corrected chi connectivity index (χ2v) is 7.31. The molecule has 0 radical (unpaired) electrons. The molecule has 0 aromatic heterocycles. The van der Waals surface area contributed by atoms with Crippen molar-refractivity contribution < 1.29 is 8.42 Å². The van der Waals surface area contributed by atoms with Gasteiger partial charge in [0.25, 0.3) is 0 Å². The molecule has 0 heterocycles. The summed E-state index contributed by atoms with van der Waals surface area (Å²) in [5, 5.41) is 0. The minimum absolute atomic E-state index is 0.207. The fourth-order valence-electron chi connectivity index (χ4n) is 1.82. The van der Waals surface area contributed by atoms with Crippen LogP contribution in [-0.2, 0) is 9.84 Å². The molecule has 0 saturated carbocycles. The lowest BCUT2D eigenvalue weighted by Crippen LogP contribution is -2.07. The Bertz CT molecular complexity index is 498. The molecule has 1 aromatic carbocycles. The smallest absolute Gasteiger partial charge is 0.173 e. The molecule has 100 valence electrons. The van der Waals surface area contributed by atoms with Crippen molar-refractivity contribution in [3.8, 4) is 0 Å². The van der Waals surface area contributed by atoms with Gasteiger partial charge in [0.2, 0.25) is 0 Å². The molecule has 2 nitrogen and oxygen atoms in total. The van der Waals surface area contributed by atoms with Crippen molar-refractivity contribution in [3.05, 3.63) is 46.9 Å². The molecule has 0 saturated heterocycles. The number of hydrogen-bond acceptors (Lipinski definition) is 2. The maximum atomic E-state index is 11.6. The van der Waals surface area contributed by atoms with Crippen LogP contribution in [0.2, 0.25) is 0 Å². The summed E-state index contributed by atoms with van der Waals surface area (Å²) in [4.78, 5) is 0.269. The van der Waals surface area contributed by atoms with Crippen molar-refractivity contribution in [1.82, 2.24) is 0 Å². The van der Waals surface area contributed by atoms with Crippen LogP contribution in [0.3, 0.4) is 0 Å². The molecule has 1 atom stereocenters. The topological polar surface area (TPSA) is 34.1 Å². The van der Waals surface area contributed by atoms with Gasteiger partial charge in [-0.1, -0.05) is 43.3 Å². The quantitative estimate of drug-likeness (QED) is 0.784. The molecular weight excluding hydrogens is 244 g/mol. The van der Waals surface area contributed by atoms with Crippen LogP contribution in [0.4, 0.5) is 0 Å². The molecule has 0 bridgehead atoms. The minimum Gasteiger partial charge on any atom is -0.224 e. The van der Waals surface area contributed by atoms with Gasteiger partial charge in [-0.3, -0.25) is 0 Å². The van der Waals surface area contributed by atoms with E-state index >= 15 is 0 Å². The average molecular weight is 266 g/mol. The van der Waals surface area contributed by atoms with Gasteiger partial charge in [0, 0.05) is 4.91 Å². The predicted octanol–water partition coefficient (Wildman–Crippen LogP) is 3.83. The molecule has 1 rings (SSSR count). The van der Waals surface area contributed by atoms with Crippen LogP contribution in [0.15, 0.2) is 35.7 Å². The van der Waals surface area contributed by atoms with Crippen LogP contribution in [0, 0.1) is 6.92 Å². The van der Waals surface area contributed by atoms with E-state index in [1.54, 1.807) is 6.92 Å². The summed E-state index contributed by atoms with van der Waals surface area (Å²) in [6.45, 7) is 9.26. The predicted molar refractivity (Wildman–Crippen MR) is 77.4 cm³/mol. The zero-order valence-corrected chi connectivity index (χ0v) is 12.3. The fourth-order valence-corrected chi connectivity index (χ4v) is 2.71. The van der Waals surface area contributed by atoms with Crippen molar-refractivity contribution in [2.45, 2.75) is 39.5 Å². The number of aryl methyl sites for hydroxylation is 1. The lowest BCUT2D eigenvalue weighted by molar-refractivity contribution is 0.591. The maximum absolute atomic E-state index is 11.6. The first kappa shape index (κ1) is 15.0. The Morgan fingerprint density at radius 2 is 1.83 bits per heavy atom. The normalized spacial score (nSPS) is 13.3. The first-order chi connectivity index (χ1) is 8.33. The summed E-state index contributed by atoms with van der Waals surface area (Å²) >= 11 is 0. The van der Waals surface area contributed by atoms with E-state index in [2.05, 4.69) is 44.7 Å². The molecule has 3 heteroatoms. The highest BCUT2D eigenvalue weighted by Gasteiger charge is 2.12. The Morgan fingerprint density at radius 3 is 2.33 bits per heavy atom. The van der Waals surface area contributed by atoms with Gasteiger partial charge < -0.3 is 0 Å². The Morgan fingerprint density at radius 1 is 1.28 bits per heavy atom. The average Bonchev–Trinajstić information content (AvgIpc) is 2.29. The van der Waals surface area contributed by atoms with E-state index in [4.69, 9.17) is 0 Å². The Hall–Kier alpha value is -1.09.